The number of alkyl halides is 3. The number of nitrogens with zero attached hydrogens (tertiary/aromatic N) is 4. The van der Waals surface area contributed by atoms with Gasteiger partial charge in [-0.05, 0) is 43.3 Å². The topological polar surface area (TPSA) is 72.7 Å². The van der Waals surface area contributed by atoms with Gasteiger partial charge >= 0.3 is 6.18 Å². The Morgan fingerprint density at radius 1 is 1.25 bits per heavy atom. The molecule has 0 saturated carbocycles. The van der Waals surface area contributed by atoms with Gasteiger partial charge in [-0.1, -0.05) is 30.3 Å². The molecule has 10 heteroatoms. The monoisotopic (exact) mass is 459 g/mol. The second-order valence-corrected chi connectivity index (χ2v) is 6.96. The fraction of sp³-hybridized carbons (Fsp3) is 0.0909. The van der Waals surface area contributed by atoms with Gasteiger partial charge in [0.05, 0.1) is 17.6 Å². The first kappa shape index (κ1) is 23.0. The van der Waals surface area contributed by atoms with E-state index in [1.54, 1.807) is 31.2 Å². The van der Waals surface area contributed by atoms with Gasteiger partial charge in [-0.2, -0.15) is 18.3 Å². The number of carbonyl (C=O) groups is 1. The molecule has 0 fully saturated rings. The average Bonchev–Trinajstić information content (AvgIpc) is 3.20. The fourth-order valence-electron chi connectivity index (χ4n) is 2.74. The van der Waals surface area contributed by atoms with Crippen molar-refractivity contribution in [1.29, 1.82) is 0 Å². The highest BCUT2D eigenvalue weighted by atomic mass is 35.5. The van der Waals surface area contributed by atoms with Crippen LogP contribution in [0.4, 0.5) is 18.9 Å². The average molecular weight is 460 g/mol. The first-order chi connectivity index (χ1) is 15.2. The van der Waals surface area contributed by atoms with Crippen molar-refractivity contribution >= 4 is 23.2 Å². The lowest BCUT2D eigenvalue weighted by atomic mass is 10.2. The summed E-state index contributed by atoms with van der Waals surface area (Å²) in [6, 6.07) is 6.89. The highest BCUT2D eigenvalue weighted by Gasteiger charge is 2.36. The van der Waals surface area contributed by atoms with Gasteiger partial charge in [0.2, 0.25) is 0 Å². The Kier molecular flexibility index (Phi) is 6.89. The van der Waals surface area contributed by atoms with Crippen LogP contribution in [0.2, 0.25) is 0 Å². The number of rotatable bonds is 6. The van der Waals surface area contributed by atoms with E-state index in [4.69, 9.17) is 11.6 Å². The SMILES string of the molecule is C=C(Cl)/C=C(\C=C/C)C(=O)Nc1ccc(-n2nc(-c3cccnc3)cc2C(F)(F)F)nc1. The standard InChI is InChI=1S/C22H17ClF3N5O/c1-3-5-15(10-14(2)23)21(32)29-17-7-8-20(28-13-17)31-19(22(24,25)26)11-18(30-31)16-6-4-9-27-12-16/h3-13H,2H2,1H3,(H,29,32)/b5-3-,15-10+. The van der Waals surface area contributed by atoms with Crippen LogP contribution in [0.5, 0.6) is 0 Å². The van der Waals surface area contributed by atoms with Gasteiger partial charge < -0.3 is 5.32 Å². The summed E-state index contributed by atoms with van der Waals surface area (Å²) in [5.74, 6) is -0.544. The van der Waals surface area contributed by atoms with E-state index in [-0.39, 0.29) is 27.8 Å². The number of amides is 1. The molecular weight excluding hydrogens is 443 g/mol. The molecule has 1 amide bonds. The largest absolute Gasteiger partial charge is 0.433 e. The second-order valence-electron chi connectivity index (χ2n) is 6.47. The zero-order valence-electron chi connectivity index (χ0n) is 16.8. The van der Waals surface area contributed by atoms with Crippen LogP contribution in [0.15, 0.2) is 84.3 Å². The molecule has 0 aliphatic heterocycles. The van der Waals surface area contributed by atoms with Crippen molar-refractivity contribution in [3.63, 3.8) is 0 Å². The maximum atomic E-state index is 13.6. The zero-order valence-corrected chi connectivity index (χ0v) is 17.5. The molecule has 1 N–H and O–H groups in total. The molecular formula is C22H17ClF3N5O. The Labute approximate surface area is 186 Å². The van der Waals surface area contributed by atoms with Gasteiger partial charge in [0.1, 0.15) is 0 Å². The molecule has 0 bridgehead atoms. The predicted octanol–water partition coefficient (Wildman–Crippen LogP) is 5.54. The Bertz CT molecular complexity index is 1180. The van der Waals surface area contributed by atoms with Crippen molar-refractivity contribution in [1.82, 2.24) is 19.7 Å². The highest BCUT2D eigenvalue weighted by molar-refractivity contribution is 6.31. The van der Waals surface area contributed by atoms with Crippen LogP contribution >= 0.6 is 11.6 Å². The van der Waals surface area contributed by atoms with E-state index in [1.807, 2.05) is 0 Å². The van der Waals surface area contributed by atoms with E-state index in [2.05, 4.69) is 27.0 Å². The molecule has 3 heterocycles. The number of anilines is 1. The summed E-state index contributed by atoms with van der Waals surface area (Å²) in [7, 11) is 0. The maximum Gasteiger partial charge on any atom is 0.433 e. The molecule has 3 aromatic heterocycles. The number of allylic oxidation sites excluding steroid dienone is 3. The molecule has 0 saturated heterocycles. The van der Waals surface area contributed by atoms with E-state index in [0.717, 1.165) is 6.07 Å². The van der Waals surface area contributed by atoms with Crippen LogP contribution < -0.4 is 5.32 Å². The van der Waals surface area contributed by atoms with Gasteiger partial charge in [-0.25, -0.2) is 9.67 Å². The number of pyridine rings is 2. The number of hydrogen-bond acceptors (Lipinski definition) is 4. The molecule has 3 aromatic rings. The van der Waals surface area contributed by atoms with Crippen molar-refractivity contribution in [2.24, 2.45) is 0 Å². The lowest BCUT2D eigenvalue weighted by Gasteiger charge is -2.10. The van der Waals surface area contributed by atoms with Gasteiger partial charge in [0, 0.05) is 28.6 Å². The summed E-state index contributed by atoms with van der Waals surface area (Å²) >= 11 is 5.74. The smallest absolute Gasteiger partial charge is 0.321 e. The molecule has 3 rings (SSSR count). The van der Waals surface area contributed by atoms with Crippen LogP contribution in [0.3, 0.4) is 0 Å². The quantitative estimate of drug-likeness (QED) is 0.388. The minimum Gasteiger partial charge on any atom is -0.321 e. The van der Waals surface area contributed by atoms with Crippen LogP contribution in [-0.4, -0.2) is 25.7 Å². The van der Waals surface area contributed by atoms with Crippen molar-refractivity contribution in [2.75, 3.05) is 5.32 Å². The summed E-state index contributed by atoms with van der Waals surface area (Å²) in [4.78, 5) is 20.4. The van der Waals surface area contributed by atoms with E-state index < -0.39 is 17.8 Å². The summed E-state index contributed by atoms with van der Waals surface area (Å²) in [6.45, 7) is 5.25. The van der Waals surface area contributed by atoms with Gasteiger partial charge in [0.15, 0.2) is 11.5 Å². The number of halogens is 4. The van der Waals surface area contributed by atoms with E-state index in [1.165, 1.54) is 36.8 Å². The van der Waals surface area contributed by atoms with E-state index in [9.17, 15) is 18.0 Å². The normalized spacial score (nSPS) is 12.2. The molecule has 6 nitrogen and oxygen atoms in total. The molecule has 164 valence electrons. The third-order valence-electron chi connectivity index (χ3n) is 4.10. The third-order valence-corrected chi connectivity index (χ3v) is 4.21. The Morgan fingerprint density at radius 2 is 2.03 bits per heavy atom. The second kappa shape index (κ2) is 9.61. The van der Waals surface area contributed by atoms with Crippen LogP contribution in [0, 0.1) is 0 Å². The van der Waals surface area contributed by atoms with Gasteiger partial charge in [-0.15, -0.1) is 0 Å². The number of nitrogens with one attached hydrogen (secondary N) is 1. The Morgan fingerprint density at radius 3 is 2.59 bits per heavy atom. The molecule has 0 aliphatic rings. The molecule has 0 spiro atoms. The predicted molar refractivity (Wildman–Crippen MR) is 116 cm³/mol. The summed E-state index contributed by atoms with van der Waals surface area (Å²) in [6.07, 6.45) is 4.11. The highest BCUT2D eigenvalue weighted by Crippen LogP contribution is 2.33. The van der Waals surface area contributed by atoms with Crippen LogP contribution in [0.1, 0.15) is 12.6 Å². The van der Waals surface area contributed by atoms with E-state index in [0.29, 0.717) is 10.2 Å². The first-order valence-electron chi connectivity index (χ1n) is 9.23. The maximum absolute atomic E-state index is 13.6. The molecule has 0 radical (unpaired) electrons. The van der Waals surface area contributed by atoms with Crippen molar-refractivity contribution in [3.05, 3.63) is 90.0 Å². The van der Waals surface area contributed by atoms with Crippen molar-refractivity contribution in [2.45, 2.75) is 13.1 Å². The summed E-state index contributed by atoms with van der Waals surface area (Å²) in [5, 5.41) is 6.83. The molecule has 0 aromatic carbocycles. The molecule has 0 atom stereocenters. The lowest BCUT2D eigenvalue weighted by Crippen LogP contribution is -2.15. The summed E-state index contributed by atoms with van der Waals surface area (Å²) < 4.78 is 41.5. The summed E-state index contributed by atoms with van der Waals surface area (Å²) in [5.41, 5.74) is 0.0862. The van der Waals surface area contributed by atoms with Gasteiger partial charge in [-0.3, -0.25) is 9.78 Å². The fourth-order valence-corrected chi connectivity index (χ4v) is 2.86. The number of carbonyl (C=O) groups excluding carboxylic acids is 1. The van der Waals surface area contributed by atoms with Crippen molar-refractivity contribution in [3.8, 4) is 17.1 Å². The molecule has 0 aliphatic carbocycles. The van der Waals surface area contributed by atoms with Crippen molar-refractivity contribution < 1.29 is 18.0 Å². The van der Waals surface area contributed by atoms with Gasteiger partial charge in [0.25, 0.3) is 5.91 Å². The lowest BCUT2D eigenvalue weighted by molar-refractivity contribution is -0.142. The third kappa shape index (κ3) is 5.50. The Hall–Kier alpha value is -3.72. The number of aromatic nitrogens is 4. The minimum atomic E-state index is -4.65. The van der Waals surface area contributed by atoms with Crippen LogP contribution in [0.25, 0.3) is 17.1 Å². The zero-order chi connectivity index (χ0) is 23.3. The van der Waals surface area contributed by atoms with Crippen LogP contribution in [-0.2, 0) is 11.0 Å². The molecule has 32 heavy (non-hydrogen) atoms. The van der Waals surface area contributed by atoms with E-state index >= 15 is 0 Å². The molecule has 0 unspecified atom stereocenters. The minimum absolute atomic E-state index is 0.0659. The number of hydrogen-bond donors (Lipinski definition) is 1. The first-order valence-corrected chi connectivity index (χ1v) is 9.61. The Balaban J connectivity index is 1.91.